The Morgan fingerprint density at radius 1 is 1.30 bits per heavy atom. The number of amides is 1. The molecular formula is C19H21F2N3O5S. The van der Waals surface area contributed by atoms with Crippen molar-refractivity contribution in [2.24, 2.45) is 0 Å². The molecule has 30 heavy (non-hydrogen) atoms. The van der Waals surface area contributed by atoms with Crippen LogP contribution in [0.5, 0.6) is 11.5 Å². The third kappa shape index (κ3) is 3.73. The van der Waals surface area contributed by atoms with Crippen LogP contribution in [0.25, 0.3) is 0 Å². The molecular weight excluding hydrogens is 420 g/mol. The lowest BCUT2D eigenvalue weighted by Crippen LogP contribution is -2.26. The van der Waals surface area contributed by atoms with Crippen LogP contribution in [0.15, 0.2) is 18.2 Å². The van der Waals surface area contributed by atoms with Gasteiger partial charge in [-0.2, -0.15) is 13.9 Å². The number of halogens is 2. The Hall–Kier alpha value is -2.69. The molecule has 0 saturated carbocycles. The van der Waals surface area contributed by atoms with Crippen LogP contribution in [0, 0.1) is 6.92 Å². The van der Waals surface area contributed by atoms with Crippen molar-refractivity contribution in [1.82, 2.24) is 9.78 Å². The molecule has 4 rings (SSSR count). The normalized spacial score (nSPS) is 22.6. The maximum atomic E-state index is 12.6. The lowest BCUT2D eigenvalue weighted by Gasteiger charge is -2.26. The van der Waals surface area contributed by atoms with E-state index in [-0.39, 0.29) is 47.3 Å². The molecule has 0 bridgehead atoms. The van der Waals surface area contributed by atoms with E-state index >= 15 is 0 Å². The number of aryl methyl sites for hydroxylation is 1. The second-order valence-corrected chi connectivity index (χ2v) is 9.67. The van der Waals surface area contributed by atoms with E-state index in [0.29, 0.717) is 23.5 Å². The third-order valence-electron chi connectivity index (χ3n) is 5.49. The number of nitrogens with one attached hydrogen (secondary N) is 1. The molecule has 162 valence electrons. The van der Waals surface area contributed by atoms with Crippen LogP contribution in [-0.2, 0) is 14.6 Å². The summed E-state index contributed by atoms with van der Waals surface area (Å²) in [5.74, 6) is -0.0215. The van der Waals surface area contributed by atoms with Crippen LogP contribution in [0.1, 0.15) is 41.6 Å². The predicted molar refractivity (Wildman–Crippen MR) is 104 cm³/mol. The summed E-state index contributed by atoms with van der Waals surface area (Å²) >= 11 is 0. The summed E-state index contributed by atoms with van der Waals surface area (Å²) in [5, 5.41) is 7.36. The number of fused-ring (bicyclic) bond motifs is 1. The van der Waals surface area contributed by atoms with Crippen LogP contribution in [0.4, 0.5) is 14.6 Å². The van der Waals surface area contributed by atoms with Gasteiger partial charge in [-0.1, -0.05) is 6.07 Å². The van der Waals surface area contributed by atoms with Crippen LogP contribution >= 0.6 is 0 Å². The van der Waals surface area contributed by atoms with E-state index in [1.165, 1.54) is 13.2 Å². The summed E-state index contributed by atoms with van der Waals surface area (Å²) in [6, 6.07) is 4.23. The molecule has 1 N–H and O–H groups in total. The average Bonchev–Trinajstić information content (AvgIpc) is 3.20. The monoisotopic (exact) mass is 441 g/mol. The van der Waals surface area contributed by atoms with E-state index in [0.717, 1.165) is 5.56 Å². The highest BCUT2D eigenvalue weighted by Gasteiger charge is 2.37. The number of aromatic nitrogens is 2. The second-order valence-electron chi connectivity index (χ2n) is 7.44. The number of benzene rings is 1. The average molecular weight is 441 g/mol. The largest absolute Gasteiger partial charge is 0.493 e. The zero-order valence-electron chi connectivity index (χ0n) is 16.4. The zero-order chi connectivity index (χ0) is 21.6. The first-order chi connectivity index (χ1) is 14.2. The van der Waals surface area contributed by atoms with Crippen LogP contribution in [-0.4, -0.2) is 49.3 Å². The van der Waals surface area contributed by atoms with Crippen LogP contribution < -0.4 is 14.8 Å². The van der Waals surface area contributed by atoms with E-state index < -0.39 is 16.4 Å². The van der Waals surface area contributed by atoms with Crippen molar-refractivity contribution in [3.8, 4) is 11.5 Å². The quantitative estimate of drug-likeness (QED) is 0.766. The van der Waals surface area contributed by atoms with Crippen LogP contribution in [0.3, 0.4) is 0 Å². The van der Waals surface area contributed by atoms with E-state index in [4.69, 9.17) is 4.74 Å². The van der Waals surface area contributed by atoms with E-state index in [1.807, 2.05) is 0 Å². The van der Waals surface area contributed by atoms with Crippen molar-refractivity contribution < 1.29 is 31.5 Å². The lowest BCUT2D eigenvalue weighted by molar-refractivity contribution is -0.116. The Labute approximate surface area is 172 Å². The Kier molecular flexibility index (Phi) is 5.16. The summed E-state index contributed by atoms with van der Waals surface area (Å²) < 4.78 is 60.3. The standard InChI is InChI=1S/C19H21F2N3O5S/c1-10-17-13(11-3-4-14(29-19(20)21)15(7-11)28-2)8-16(25)22-18(17)24(23-10)12-5-6-30(26,27)9-12/h3-4,7,12-13,19H,5-6,8-9H2,1-2H3,(H,22,25)/t12-,13+/m0/s1. The lowest BCUT2D eigenvalue weighted by atomic mass is 9.85. The van der Waals surface area contributed by atoms with Crippen LogP contribution in [0.2, 0.25) is 0 Å². The molecule has 2 aromatic rings. The molecule has 0 spiro atoms. The molecule has 2 aliphatic heterocycles. The molecule has 0 aliphatic carbocycles. The molecule has 1 aromatic heterocycles. The molecule has 1 fully saturated rings. The van der Waals surface area contributed by atoms with Gasteiger partial charge in [0.1, 0.15) is 5.82 Å². The predicted octanol–water partition coefficient (Wildman–Crippen LogP) is 2.64. The molecule has 1 aromatic carbocycles. The summed E-state index contributed by atoms with van der Waals surface area (Å²) in [7, 11) is -1.78. The summed E-state index contributed by atoms with van der Waals surface area (Å²) in [6.07, 6.45) is 0.574. The van der Waals surface area contributed by atoms with Gasteiger partial charge in [-0.3, -0.25) is 4.79 Å². The highest BCUT2D eigenvalue weighted by atomic mass is 32.2. The number of ether oxygens (including phenoxy) is 2. The number of nitrogens with zero attached hydrogens (tertiary/aromatic N) is 2. The molecule has 0 unspecified atom stereocenters. The number of sulfone groups is 1. The molecule has 3 heterocycles. The molecule has 1 amide bonds. The molecule has 2 atom stereocenters. The summed E-state index contributed by atoms with van der Waals surface area (Å²) in [4.78, 5) is 12.5. The summed E-state index contributed by atoms with van der Waals surface area (Å²) in [6.45, 7) is -1.19. The van der Waals surface area contributed by atoms with Gasteiger partial charge in [0.05, 0.1) is 30.4 Å². The number of rotatable bonds is 5. The molecule has 0 radical (unpaired) electrons. The van der Waals surface area contributed by atoms with Gasteiger partial charge >= 0.3 is 6.61 Å². The van der Waals surface area contributed by atoms with Gasteiger partial charge in [0.2, 0.25) is 5.91 Å². The number of hydrogen-bond donors (Lipinski definition) is 1. The van der Waals surface area contributed by atoms with Crippen molar-refractivity contribution in [3.63, 3.8) is 0 Å². The maximum Gasteiger partial charge on any atom is 0.387 e. The minimum Gasteiger partial charge on any atom is -0.493 e. The highest BCUT2D eigenvalue weighted by Crippen LogP contribution is 2.43. The van der Waals surface area contributed by atoms with Gasteiger partial charge in [-0.05, 0) is 31.0 Å². The van der Waals surface area contributed by atoms with Gasteiger partial charge in [-0.25, -0.2) is 13.1 Å². The summed E-state index contributed by atoms with van der Waals surface area (Å²) in [5.41, 5.74) is 2.14. The number of hydrogen-bond acceptors (Lipinski definition) is 6. The highest BCUT2D eigenvalue weighted by molar-refractivity contribution is 7.91. The fourth-order valence-corrected chi connectivity index (χ4v) is 5.88. The fraction of sp³-hybridized carbons (Fsp3) is 0.474. The number of methoxy groups -OCH3 is 1. The van der Waals surface area contributed by atoms with Crippen molar-refractivity contribution in [3.05, 3.63) is 35.0 Å². The first kappa shape index (κ1) is 20.6. The number of carbonyl (C=O) groups is 1. The Balaban J connectivity index is 1.75. The minimum atomic E-state index is -3.13. The topological polar surface area (TPSA) is 99.5 Å². The molecule has 1 saturated heterocycles. The van der Waals surface area contributed by atoms with E-state index in [1.54, 1.807) is 23.7 Å². The van der Waals surface area contributed by atoms with Crippen molar-refractivity contribution in [2.75, 3.05) is 23.9 Å². The van der Waals surface area contributed by atoms with Gasteiger partial charge in [-0.15, -0.1) is 0 Å². The van der Waals surface area contributed by atoms with E-state index in [9.17, 15) is 22.0 Å². The van der Waals surface area contributed by atoms with Crippen molar-refractivity contribution in [1.29, 1.82) is 0 Å². The van der Waals surface area contributed by atoms with Gasteiger partial charge in [0, 0.05) is 17.9 Å². The SMILES string of the molecule is COc1cc([C@H]2CC(=O)Nc3c2c(C)nn3[C@H]2CCS(=O)(=O)C2)ccc1OC(F)F. The van der Waals surface area contributed by atoms with Crippen molar-refractivity contribution in [2.45, 2.75) is 38.3 Å². The Morgan fingerprint density at radius 2 is 2.07 bits per heavy atom. The Morgan fingerprint density at radius 3 is 2.70 bits per heavy atom. The van der Waals surface area contributed by atoms with E-state index in [2.05, 4.69) is 15.2 Å². The third-order valence-corrected chi connectivity index (χ3v) is 7.24. The van der Waals surface area contributed by atoms with Gasteiger partial charge in [0.25, 0.3) is 0 Å². The number of anilines is 1. The number of carbonyl (C=O) groups excluding carboxylic acids is 1. The van der Waals surface area contributed by atoms with Gasteiger partial charge in [0.15, 0.2) is 21.3 Å². The molecule has 11 heteroatoms. The first-order valence-corrected chi connectivity index (χ1v) is 11.2. The molecule has 8 nitrogen and oxygen atoms in total. The maximum absolute atomic E-state index is 12.6. The second kappa shape index (κ2) is 7.53. The Bertz CT molecular complexity index is 1100. The zero-order valence-corrected chi connectivity index (χ0v) is 17.2. The fourth-order valence-electron chi connectivity index (χ4n) is 4.18. The molecule has 2 aliphatic rings. The van der Waals surface area contributed by atoms with Crippen molar-refractivity contribution >= 4 is 21.6 Å². The number of alkyl halides is 2. The van der Waals surface area contributed by atoms with Gasteiger partial charge < -0.3 is 14.8 Å². The smallest absolute Gasteiger partial charge is 0.387 e. The minimum absolute atomic E-state index is 0.0193. The first-order valence-electron chi connectivity index (χ1n) is 9.40.